The molecule has 2 aliphatic carbocycles. The van der Waals surface area contributed by atoms with Crippen LogP contribution in [0.4, 0.5) is 0 Å². The van der Waals surface area contributed by atoms with Gasteiger partial charge in [0.2, 0.25) is 0 Å². The fraction of sp³-hybridized carbons (Fsp3) is 0.426. The van der Waals surface area contributed by atoms with Crippen LogP contribution in [0.1, 0.15) is 233 Å². The molecule has 121 heavy (non-hydrogen) atoms. The Morgan fingerprint density at radius 3 is 1.36 bits per heavy atom. The van der Waals surface area contributed by atoms with E-state index in [0.29, 0.717) is 122 Å². The molecule has 10 aromatic rings. The number of phenols is 10. The highest BCUT2D eigenvalue weighted by Crippen LogP contribution is 2.47. The molecule has 5 unspecified atom stereocenters. The van der Waals surface area contributed by atoms with Gasteiger partial charge in [-0.3, -0.25) is 9.59 Å². The summed E-state index contributed by atoms with van der Waals surface area (Å²) in [6, 6.07) is 50.6. The van der Waals surface area contributed by atoms with Crippen molar-refractivity contribution in [3.63, 3.8) is 0 Å². The van der Waals surface area contributed by atoms with Crippen molar-refractivity contribution in [2.24, 2.45) is 23.7 Å². The molecule has 0 spiro atoms. The molecule has 1 heterocycles. The SMILES string of the molecule is CCOOCC(CC)CC(C)C(=O)OCC1CO1.CCOOCC(CC)CC(C)C(=O)OCCO.Cc1c(O)ccc(Cc2c3ccccc3cc3ccccc23)c1O.Cc1cc(Cc2ccc(O)cc2O)c(O)c(Cc2ccc(O)cc2O)c1.Cc1cc(O)c(C2CCCCC2)cc1C(c1cccc(O)c1)c1cc(C2CCCCC2)c(O)cc1C. The smallest absolute Gasteiger partial charge is 0.308 e. The molecular formula is C101H126O20. The lowest BCUT2D eigenvalue weighted by Crippen LogP contribution is -2.22. The topological polar surface area (TPSA) is 325 Å². The summed E-state index contributed by atoms with van der Waals surface area (Å²) >= 11 is 0. The Morgan fingerprint density at radius 1 is 0.446 bits per heavy atom. The average Bonchev–Trinajstić information content (AvgIpc) is 1.69. The van der Waals surface area contributed by atoms with Crippen molar-refractivity contribution in [3.8, 4) is 57.5 Å². The summed E-state index contributed by atoms with van der Waals surface area (Å²) in [4.78, 5) is 42.9. The maximum atomic E-state index is 11.7. The van der Waals surface area contributed by atoms with Crippen LogP contribution in [-0.4, -0.2) is 127 Å². The van der Waals surface area contributed by atoms with Gasteiger partial charge >= 0.3 is 11.9 Å². The first-order valence-corrected chi connectivity index (χ1v) is 43.0. The van der Waals surface area contributed by atoms with Gasteiger partial charge in [-0.1, -0.05) is 188 Å². The van der Waals surface area contributed by atoms with E-state index in [-0.39, 0.29) is 101 Å². The average molecular weight is 1660 g/mol. The molecule has 1 saturated heterocycles. The van der Waals surface area contributed by atoms with E-state index in [0.717, 1.165) is 83.9 Å². The summed E-state index contributed by atoms with van der Waals surface area (Å²) in [5.41, 5.74) is 13.5. The molecule has 13 rings (SSSR count). The van der Waals surface area contributed by atoms with Gasteiger partial charge < -0.3 is 70.4 Å². The first-order valence-electron chi connectivity index (χ1n) is 43.0. The number of rotatable bonds is 31. The molecule has 11 N–H and O–H groups in total. The molecule has 0 amide bonds. The van der Waals surface area contributed by atoms with E-state index in [9.17, 15) is 60.7 Å². The molecule has 3 aliphatic rings. The summed E-state index contributed by atoms with van der Waals surface area (Å²) < 4.78 is 15.0. The Morgan fingerprint density at radius 2 is 0.909 bits per heavy atom. The minimum Gasteiger partial charge on any atom is -0.508 e. The van der Waals surface area contributed by atoms with E-state index in [2.05, 4.69) is 69.3 Å². The van der Waals surface area contributed by atoms with Crippen LogP contribution in [0.3, 0.4) is 0 Å². The van der Waals surface area contributed by atoms with Gasteiger partial charge in [0, 0.05) is 42.9 Å². The Labute approximate surface area is 712 Å². The number of epoxide rings is 1. The summed E-state index contributed by atoms with van der Waals surface area (Å²) in [5.74, 6) is 1.89. The van der Waals surface area contributed by atoms with E-state index >= 15 is 0 Å². The number of aliphatic hydroxyl groups is 1. The summed E-state index contributed by atoms with van der Waals surface area (Å²) in [5, 5.41) is 115. The van der Waals surface area contributed by atoms with Crippen molar-refractivity contribution in [2.75, 3.05) is 52.9 Å². The molecule has 20 nitrogen and oxygen atoms in total. The molecule has 0 aromatic heterocycles. The standard InChI is InChI=1S/C33H40O3.C22H18O2.C21H20O5.C13H24O5.C12H24O5/c1-21-16-31(35)29(23-10-5-3-6-11-23)19-27(21)33(25-14-9-15-26(34)18-25)28-20-30(32(36)17-22(28)2)24-12-7-4-8-13-24;1-14-21(23)11-10-17(22(14)24)13-20-18-8-4-2-6-15(18)12-16-7-3-5-9-19(16)20;1-12-6-15(8-13-2-4-17(22)10-19(13)24)21(26)16(7-12)9-14-3-5-18(23)11-20(14)25;1-4-11(7-18-17-5-2)6-10(3)13(14)16-9-12-8-15-12;1-4-11(9-17-16-5-2)8-10(3)12(14)15-7-6-13/h9,14-20,23-24,33-36H,3-8,10-13H2,1-2H3;2-12,23-24H,13H2,1H3;2-7,10-11,22-26H,8-9H2,1H3;10-12H,4-9H2,1-3H3;10-11,13H,4-9H2,1-3H3. The number of hydrogen-bond acceptors (Lipinski definition) is 20. The molecule has 0 bridgehead atoms. The van der Waals surface area contributed by atoms with Crippen molar-refractivity contribution >= 4 is 33.5 Å². The van der Waals surface area contributed by atoms with Gasteiger partial charge in [0.25, 0.3) is 0 Å². The van der Waals surface area contributed by atoms with Crippen LogP contribution < -0.4 is 0 Å². The van der Waals surface area contributed by atoms with Crippen LogP contribution in [-0.2, 0) is 62.6 Å². The molecule has 10 aromatic carbocycles. The summed E-state index contributed by atoms with van der Waals surface area (Å²) in [7, 11) is 0. The minimum atomic E-state index is -0.270. The second-order valence-electron chi connectivity index (χ2n) is 32.5. The second kappa shape index (κ2) is 47.0. The zero-order chi connectivity index (χ0) is 87.2. The van der Waals surface area contributed by atoms with E-state index in [1.807, 2.05) is 102 Å². The van der Waals surface area contributed by atoms with Crippen LogP contribution in [0.15, 0.2) is 164 Å². The van der Waals surface area contributed by atoms with Gasteiger partial charge in [-0.25, -0.2) is 19.6 Å². The lowest BCUT2D eigenvalue weighted by Gasteiger charge is -2.29. The lowest BCUT2D eigenvalue weighted by atomic mass is 9.76. The van der Waals surface area contributed by atoms with Gasteiger partial charge in [-0.2, -0.15) is 0 Å². The van der Waals surface area contributed by atoms with Crippen LogP contribution in [0.2, 0.25) is 0 Å². The highest BCUT2D eigenvalue weighted by Gasteiger charge is 2.31. The van der Waals surface area contributed by atoms with E-state index in [1.54, 1.807) is 37.3 Å². The lowest BCUT2D eigenvalue weighted by molar-refractivity contribution is -0.298. The number of carbonyl (C=O) groups is 2. The van der Waals surface area contributed by atoms with E-state index in [4.69, 9.17) is 38.9 Å². The highest BCUT2D eigenvalue weighted by atomic mass is 17.2. The van der Waals surface area contributed by atoms with Gasteiger partial charge in [-0.15, -0.1) is 0 Å². The molecular weight excluding hydrogens is 1530 g/mol. The first kappa shape index (κ1) is 94.3. The number of hydrogen-bond donors (Lipinski definition) is 11. The molecule has 1 aliphatic heterocycles. The van der Waals surface area contributed by atoms with Gasteiger partial charge in [0.15, 0.2) is 0 Å². The number of phenolic OH excluding ortho intramolecular Hbond substituents is 10. The van der Waals surface area contributed by atoms with Crippen LogP contribution in [0.25, 0.3) is 21.5 Å². The van der Waals surface area contributed by atoms with Crippen molar-refractivity contribution < 1.29 is 99.5 Å². The van der Waals surface area contributed by atoms with Crippen molar-refractivity contribution in [3.05, 3.63) is 247 Å². The molecule has 2 saturated carbocycles. The number of esters is 2. The molecule has 3 fully saturated rings. The second-order valence-corrected chi connectivity index (χ2v) is 32.5. The third-order valence-corrected chi connectivity index (χ3v) is 23.3. The van der Waals surface area contributed by atoms with Crippen molar-refractivity contribution in [1.29, 1.82) is 0 Å². The fourth-order valence-corrected chi connectivity index (χ4v) is 16.3. The van der Waals surface area contributed by atoms with Crippen LogP contribution in [0.5, 0.6) is 57.5 Å². The van der Waals surface area contributed by atoms with Crippen molar-refractivity contribution in [2.45, 2.75) is 202 Å². The Hall–Kier alpha value is -10.6. The van der Waals surface area contributed by atoms with Gasteiger partial charge in [0.05, 0.1) is 51.5 Å². The van der Waals surface area contributed by atoms with Crippen LogP contribution in [0, 0.1) is 51.4 Å². The van der Waals surface area contributed by atoms with Crippen molar-refractivity contribution in [1.82, 2.24) is 0 Å². The quantitative estimate of drug-likeness (QED) is 0.00366. The molecule has 20 heteroatoms. The predicted molar refractivity (Wildman–Crippen MR) is 472 cm³/mol. The third kappa shape index (κ3) is 27.5. The van der Waals surface area contributed by atoms with Gasteiger partial charge in [0.1, 0.15) is 76.8 Å². The molecule has 5 atom stereocenters. The Kier molecular flexibility index (Phi) is 36.6. The zero-order valence-corrected chi connectivity index (χ0v) is 72.0. The number of aryl methyl sites for hydroxylation is 3. The minimum absolute atomic E-state index is 0.0248. The third-order valence-electron chi connectivity index (χ3n) is 23.3. The number of benzene rings is 10. The normalized spacial score (nSPS) is 15.0. The summed E-state index contributed by atoms with van der Waals surface area (Å²) in [6.07, 6.45) is 16.6. The number of ether oxygens (including phenoxy) is 3. The number of carbonyl (C=O) groups excluding carboxylic acids is 2. The summed E-state index contributed by atoms with van der Waals surface area (Å²) in [6.45, 7) is 22.4. The first-order chi connectivity index (χ1) is 58.2. The number of fused-ring (bicyclic) bond motifs is 2. The number of aromatic hydroxyl groups is 10. The van der Waals surface area contributed by atoms with E-state index < -0.39 is 0 Å². The maximum Gasteiger partial charge on any atom is 0.308 e. The predicted octanol–water partition coefficient (Wildman–Crippen LogP) is 21.2. The van der Waals surface area contributed by atoms with Crippen LogP contribution >= 0.6 is 0 Å². The maximum absolute atomic E-state index is 11.7. The van der Waals surface area contributed by atoms with Gasteiger partial charge in [-0.05, 0) is 246 Å². The number of aliphatic hydroxyl groups excluding tert-OH is 1. The monoisotopic (exact) mass is 1660 g/mol. The largest absolute Gasteiger partial charge is 0.508 e. The zero-order valence-electron chi connectivity index (χ0n) is 72.0. The molecule has 650 valence electrons. The Bertz CT molecular complexity index is 4780. The molecule has 0 radical (unpaired) electrons. The van der Waals surface area contributed by atoms with E-state index in [1.165, 1.54) is 101 Å². The fourth-order valence-electron chi connectivity index (χ4n) is 16.3. The Balaban J connectivity index is 0.000000177. The highest BCUT2D eigenvalue weighted by molar-refractivity contribution is 6.02.